The van der Waals surface area contributed by atoms with Crippen molar-refractivity contribution in [1.29, 1.82) is 0 Å². The van der Waals surface area contributed by atoms with Gasteiger partial charge in [-0.1, -0.05) is 83.3 Å². The Kier molecular flexibility index (Phi) is 15.3. The number of nitrogens with zero attached hydrogens (tertiary/aromatic N) is 1. The van der Waals surface area contributed by atoms with Crippen LogP contribution in [0, 0.1) is 0 Å². The highest BCUT2D eigenvalue weighted by atomic mass is 16.3. The summed E-state index contributed by atoms with van der Waals surface area (Å²) in [6, 6.07) is 0. The number of quaternary nitrogens is 1. The van der Waals surface area contributed by atoms with Crippen LogP contribution in [0.4, 0.5) is 0 Å². The number of rotatable bonds is 19. The molecule has 2 N–H and O–H groups in total. The molecule has 1 aliphatic heterocycles. The first-order valence-corrected chi connectivity index (χ1v) is 12.8. The molecule has 3 nitrogen and oxygen atoms in total. The zero-order valence-corrected chi connectivity index (χ0v) is 19.9. The standard InChI is InChI=1S/C26H51N2O/c1-4-6-7-8-9-10-11-12-13-14-15-16-17-18-19-20-21-22-26-27-23-24-28(26,5-2)25(3)29/h16-17,23-27,29H,4-15,18-22H2,1-3H3/q+1/b17-16+. The molecule has 29 heavy (non-hydrogen) atoms. The summed E-state index contributed by atoms with van der Waals surface area (Å²) in [5.41, 5.74) is 0. The zero-order chi connectivity index (χ0) is 21.2. The molecule has 0 spiro atoms. The summed E-state index contributed by atoms with van der Waals surface area (Å²) in [6.45, 7) is 7.30. The van der Waals surface area contributed by atoms with Crippen LogP contribution in [0.2, 0.25) is 0 Å². The van der Waals surface area contributed by atoms with E-state index in [9.17, 15) is 5.11 Å². The predicted molar refractivity (Wildman–Crippen MR) is 127 cm³/mol. The highest BCUT2D eigenvalue weighted by molar-refractivity contribution is 4.85. The van der Waals surface area contributed by atoms with Crippen LogP contribution >= 0.6 is 0 Å². The van der Waals surface area contributed by atoms with Gasteiger partial charge >= 0.3 is 0 Å². The lowest BCUT2D eigenvalue weighted by atomic mass is 10.1. The molecular weight excluding hydrogens is 356 g/mol. The molecule has 0 saturated heterocycles. The van der Waals surface area contributed by atoms with Gasteiger partial charge in [0.05, 0.1) is 12.7 Å². The van der Waals surface area contributed by atoms with Crippen molar-refractivity contribution in [2.75, 3.05) is 6.54 Å². The van der Waals surface area contributed by atoms with Crippen LogP contribution in [0.3, 0.4) is 0 Å². The second-order valence-corrected chi connectivity index (χ2v) is 9.02. The highest BCUT2D eigenvalue weighted by Gasteiger charge is 2.40. The van der Waals surface area contributed by atoms with Gasteiger partial charge in [-0.05, 0) is 39.0 Å². The van der Waals surface area contributed by atoms with E-state index in [1.165, 1.54) is 96.3 Å². The molecule has 0 radical (unpaired) electrons. The molecule has 3 atom stereocenters. The lowest BCUT2D eigenvalue weighted by Gasteiger charge is -2.39. The molecular formula is C26H51N2O+. The molecule has 170 valence electrons. The van der Waals surface area contributed by atoms with E-state index in [-0.39, 0.29) is 6.23 Å². The van der Waals surface area contributed by atoms with Crippen LogP contribution in [-0.2, 0) is 0 Å². The van der Waals surface area contributed by atoms with E-state index in [1.807, 2.05) is 13.1 Å². The van der Waals surface area contributed by atoms with Crippen molar-refractivity contribution in [3.05, 3.63) is 24.6 Å². The molecule has 0 aromatic rings. The Labute approximate surface area is 182 Å². The van der Waals surface area contributed by atoms with Crippen molar-refractivity contribution in [2.24, 2.45) is 0 Å². The number of hydrogen-bond acceptors (Lipinski definition) is 2. The van der Waals surface area contributed by atoms with E-state index < -0.39 is 0 Å². The first-order chi connectivity index (χ1) is 14.2. The number of hydrogen-bond donors (Lipinski definition) is 2. The summed E-state index contributed by atoms with van der Waals surface area (Å²) in [5, 5.41) is 13.6. The highest BCUT2D eigenvalue weighted by Crippen LogP contribution is 2.25. The summed E-state index contributed by atoms with van der Waals surface area (Å²) in [6.07, 6.45) is 30.6. The van der Waals surface area contributed by atoms with Crippen molar-refractivity contribution in [2.45, 2.75) is 136 Å². The van der Waals surface area contributed by atoms with Crippen molar-refractivity contribution < 1.29 is 9.59 Å². The van der Waals surface area contributed by atoms with Crippen molar-refractivity contribution in [3.8, 4) is 0 Å². The first kappa shape index (κ1) is 26.2. The maximum atomic E-state index is 10.2. The fraction of sp³-hybridized carbons (Fsp3) is 0.846. The third kappa shape index (κ3) is 10.7. The maximum absolute atomic E-state index is 10.2. The monoisotopic (exact) mass is 407 g/mol. The molecule has 3 unspecified atom stereocenters. The molecule has 0 fully saturated rings. The Morgan fingerprint density at radius 3 is 1.86 bits per heavy atom. The minimum atomic E-state index is -0.343. The van der Waals surface area contributed by atoms with E-state index in [0.717, 1.165) is 13.0 Å². The Morgan fingerprint density at radius 1 is 0.828 bits per heavy atom. The van der Waals surface area contributed by atoms with Gasteiger partial charge in [0.2, 0.25) is 0 Å². The van der Waals surface area contributed by atoms with E-state index in [2.05, 4.69) is 37.5 Å². The van der Waals surface area contributed by atoms with Crippen molar-refractivity contribution in [1.82, 2.24) is 5.32 Å². The van der Waals surface area contributed by atoms with Gasteiger partial charge in [0.1, 0.15) is 6.20 Å². The van der Waals surface area contributed by atoms with E-state index in [0.29, 0.717) is 10.6 Å². The van der Waals surface area contributed by atoms with Gasteiger partial charge in [-0.15, -0.1) is 0 Å². The first-order valence-electron chi connectivity index (χ1n) is 12.8. The van der Waals surface area contributed by atoms with Crippen LogP contribution < -0.4 is 5.32 Å². The average Bonchev–Trinajstić information content (AvgIpc) is 3.14. The minimum absolute atomic E-state index is 0.340. The maximum Gasteiger partial charge on any atom is 0.193 e. The van der Waals surface area contributed by atoms with Gasteiger partial charge in [-0.25, -0.2) is 0 Å². The number of unbranched alkanes of at least 4 members (excludes halogenated alkanes) is 13. The van der Waals surface area contributed by atoms with Crippen LogP contribution in [0.1, 0.15) is 124 Å². The lowest BCUT2D eigenvalue weighted by Crippen LogP contribution is -2.57. The molecule has 1 aliphatic rings. The summed E-state index contributed by atoms with van der Waals surface area (Å²) >= 11 is 0. The number of allylic oxidation sites excluding steroid dienone is 2. The van der Waals surface area contributed by atoms with E-state index in [1.54, 1.807) is 0 Å². The Balaban J connectivity index is 1.90. The summed E-state index contributed by atoms with van der Waals surface area (Å²) < 4.78 is 0.665. The predicted octanol–water partition coefficient (Wildman–Crippen LogP) is 7.38. The molecule has 1 heterocycles. The van der Waals surface area contributed by atoms with Crippen LogP contribution in [0.5, 0.6) is 0 Å². The summed E-state index contributed by atoms with van der Waals surface area (Å²) in [4.78, 5) is 0. The second-order valence-electron chi connectivity index (χ2n) is 9.02. The zero-order valence-electron chi connectivity index (χ0n) is 19.9. The van der Waals surface area contributed by atoms with Crippen LogP contribution in [0.25, 0.3) is 0 Å². The molecule has 0 aliphatic carbocycles. The lowest BCUT2D eigenvalue weighted by molar-refractivity contribution is -0.942. The molecule has 0 bridgehead atoms. The number of aliphatic hydroxyl groups is 1. The summed E-state index contributed by atoms with van der Waals surface area (Å²) in [5.74, 6) is 0. The SMILES string of the molecule is CCCCCCCCCCCC/C=C/CCCCCC1NC=C[N+]1(CC)C(C)O. The molecule has 0 aromatic carbocycles. The van der Waals surface area contributed by atoms with E-state index >= 15 is 0 Å². The number of aliphatic hydroxyl groups excluding tert-OH is 1. The van der Waals surface area contributed by atoms with Gasteiger partial charge in [0.25, 0.3) is 0 Å². The van der Waals surface area contributed by atoms with Gasteiger partial charge in [0, 0.05) is 13.3 Å². The third-order valence-electron chi connectivity index (χ3n) is 6.70. The molecule has 1 rings (SSSR count). The fourth-order valence-corrected chi connectivity index (χ4v) is 4.60. The average molecular weight is 408 g/mol. The molecule has 0 saturated carbocycles. The van der Waals surface area contributed by atoms with Crippen molar-refractivity contribution >= 4 is 0 Å². The topological polar surface area (TPSA) is 32.3 Å². The van der Waals surface area contributed by atoms with Gasteiger partial charge in [-0.2, -0.15) is 0 Å². The normalized spacial score (nSPS) is 22.4. The fourth-order valence-electron chi connectivity index (χ4n) is 4.60. The largest absolute Gasteiger partial charge is 0.345 e. The smallest absolute Gasteiger partial charge is 0.193 e. The van der Waals surface area contributed by atoms with Crippen LogP contribution in [0.15, 0.2) is 24.6 Å². The Hall–Kier alpha value is -0.800. The summed E-state index contributed by atoms with van der Waals surface area (Å²) in [7, 11) is 0. The van der Waals surface area contributed by atoms with Gasteiger partial charge in [0.15, 0.2) is 12.4 Å². The molecule has 3 heteroatoms. The quantitative estimate of drug-likeness (QED) is 0.133. The Bertz CT molecular complexity index is 432. The molecule has 0 aromatic heterocycles. The van der Waals surface area contributed by atoms with Gasteiger partial charge in [-0.3, -0.25) is 4.48 Å². The minimum Gasteiger partial charge on any atom is -0.345 e. The van der Waals surface area contributed by atoms with Crippen molar-refractivity contribution in [3.63, 3.8) is 0 Å². The van der Waals surface area contributed by atoms with Gasteiger partial charge < -0.3 is 10.4 Å². The van der Waals surface area contributed by atoms with E-state index in [4.69, 9.17) is 0 Å². The second kappa shape index (κ2) is 16.9. The van der Waals surface area contributed by atoms with Crippen LogP contribution in [-0.4, -0.2) is 28.5 Å². The number of nitrogens with one attached hydrogen (secondary N) is 1. The molecule has 0 amide bonds. The Morgan fingerprint density at radius 2 is 1.34 bits per heavy atom. The third-order valence-corrected chi connectivity index (χ3v) is 6.70.